The van der Waals surface area contributed by atoms with Gasteiger partial charge in [-0.05, 0) is 12.8 Å². The van der Waals surface area contributed by atoms with E-state index >= 15 is 0 Å². The topological polar surface area (TPSA) is 0 Å². The Balaban J connectivity index is 1.77. The van der Waals surface area contributed by atoms with E-state index in [-0.39, 0.29) is 3.23 Å². The van der Waals surface area contributed by atoms with Crippen molar-refractivity contribution in [1.82, 2.24) is 0 Å². The van der Waals surface area contributed by atoms with E-state index in [2.05, 4.69) is 54.7 Å². The van der Waals surface area contributed by atoms with E-state index in [1.54, 1.807) is 0 Å². The molecule has 1 aliphatic rings. The lowest BCUT2D eigenvalue weighted by atomic mass is 10.0. The van der Waals surface area contributed by atoms with Crippen molar-refractivity contribution in [1.29, 1.82) is 0 Å². The maximum Gasteiger partial charge on any atom is 0.0972 e. The van der Waals surface area contributed by atoms with E-state index in [4.69, 9.17) is 0 Å². The summed E-state index contributed by atoms with van der Waals surface area (Å²) in [4.78, 5) is 0. The predicted octanol–water partition coefficient (Wildman–Crippen LogP) is 7.71. The van der Waals surface area contributed by atoms with Crippen LogP contribution in [-0.2, 0) is 0 Å². The largest absolute Gasteiger partial charge is 0.0972 e. The molecule has 3 heteroatoms. The minimum absolute atomic E-state index is 0.186. The van der Waals surface area contributed by atoms with Gasteiger partial charge in [0.2, 0.25) is 0 Å². The molecule has 0 amide bonds. The van der Waals surface area contributed by atoms with Crippen LogP contribution in [0, 0.1) is 0 Å². The maximum absolute atomic E-state index is 3.84. The van der Waals surface area contributed by atoms with Gasteiger partial charge in [0.05, 0.1) is 7.56 Å². The second-order valence-electron chi connectivity index (χ2n) is 6.13. The molecule has 0 aromatic heterocycles. The van der Waals surface area contributed by atoms with E-state index in [0.29, 0.717) is 4.32 Å². The Morgan fingerprint density at radius 1 is 0.684 bits per heavy atom. The molecule has 1 fully saturated rings. The van der Waals surface area contributed by atoms with Crippen molar-refractivity contribution in [3.8, 4) is 0 Å². The fraction of sp³-hybridized carbons (Fsp3) is 1.00. The van der Waals surface area contributed by atoms with Crippen LogP contribution in [0.2, 0.25) is 0 Å². The highest BCUT2D eigenvalue weighted by atomic mass is 79.9. The summed E-state index contributed by atoms with van der Waals surface area (Å²) >= 11 is 11.3. The molecule has 0 saturated heterocycles. The van der Waals surface area contributed by atoms with Gasteiger partial charge in [-0.1, -0.05) is 125 Å². The van der Waals surface area contributed by atoms with Crippen molar-refractivity contribution in [2.45, 2.75) is 98.0 Å². The van der Waals surface area contributed by atoms with Crippen molar-refractivity contribution < 1.29 is 0 Å². The van der Waals surface area contributed by atoms with Crippen molar-refractivity contribution in [2.24, 2.45) is 0 Å². The molecule has 0 heterocycles. The average molecular weight is 461 g/mol. The van der Waals surface area contributed by atoms with Crippen molar-refractivity contribution in [2.75, 3.05) is 0 Å². The van der Waals surface area contributed by atoms with Crippen molar-refractivity contribution >= 4 is 47.8 Å². The summed E-state index contributed by atoms with van der Waals surface area (Å²) < 4.78 is 0.519. The fourth-order valence-corrected chi connectivity index (χ4v) is 5.46. The van der Waals surface area contributed by atoms with E-state index in [9.17, 15) is 0 Å². The van der Waals surface area contributed by atoms with Gasteiger partial charge in [0.25, 0.3) is 0 Å². The van der Waals surface area contributed by atoms with Gasteiger partial charge in [-0.3, -0.25) is 0 Å². The van der Waals surface area contributed by atoms with Crippen molar-refractivity contribution in [3.63, 3.8) is 0 Å². The van der Waals surface area contributed by atoms with Crippen LogP contribution in [0.25, 0.3) is 0 Å². The lowest BCUT2D eigenvalue weighted by Crippen LogP contribution is -2.06. The summed E-state index contributed by atoms with van der Waals surface area (Å²) in [5.41, 5.74) is 0. The van der Waals surface area contributed by atoms with E-state index in [1.165, 1.54) is 83.5 Å². The Hall–Kier alpha value is 1.44. The maximum atomic E-state index is 3.84. The van der Waals surface area contributed by atoms with Gasteiger partial charge < -0.3 is 0 Å². The molecule has 0 aromatic rings. The third-order valence-electron chi connectivity index (χ3n) is 4.21. The molecule has 0 aliphatic heterocycles. The first-order valence-corrected chi connectivity index (χ1v) is 10.5. The van der Waals surface area contributed by atoms with Gasteiger partial charge in [0.1, 0.15) is 0 Å². The first kappa shape index (κ1) is 18.5. The van der Waals surface area contributed by atoms with Gasteiger partial charge in [0.15, 0.2) is 0 Å². The van der Waals surface area contributed by atoms with Crippen molar-refractivity contribution in [3.05, 3.63) is 0 Å². The molecule has 0 N–H and O–H groups in total. The molecule has 19 heavy (non-hydrogen) atoms. The van der Waals surface area contributed by atoms with Gasteiger partial charge in [0, 0.05) is 0 Å². The fourth-order valence-electron chi connectivity index (χ4n) is 2.65. The Morgan fingerprint density at radius 3 is 1.42 bits per heavy atom. The summed E-state index contributed by atoms with van der Waals surface area (Å²) in [6, 6.07) is 0. The minimum atomic E-state index is 0.186. The number of rotatable bonds is 12. The quantitative estimate of drug-likeness (QED) is 0.206. The summed E-state index contributed by atoms with van der Waals surface area (Å²) in [7, 11) is 0. The second kappa shape index (κ2) is 9.46. The van der Waals surface area contributed by atoms with E-state index in [0.717, 1.165) is 0 Å². The molecule has 1 atom stereocenters. The first-order valence-electron chi connectivity index (χ1n) is 8.08. The number of hydrogen-bond acceptors (Lipinski definition) is 0. The lowest BCUT2D eigenvalue weighted by Gasteiger charge is -2.10. The SMILES string of the molecule is CCCCCCCCCCCCCC1(Br)CC1(Br)Br. The number of unbranched alkanes of at least 4 members (excludes halogenated alkanes) is 10. The lowest BCUT2D eigenvalue weighted by molar-refractivity contribution is 0.541. The van der Waals surface area contributed by atoms with Gasteiger partial charge in [-0.25, -0.2) is 0 Å². The third-order valence-corrected chi connectivity index (χ3v) is 8.71. The first-order chi connectivity index (χ1) is 9.02. The monoisotopic (exact) mass is 458 g/mol. The average Bonchev–Trinajstić information content (AvgIpc) is 2.85. The third kappa shape index (κ3) is 7.31. The molecule has 1 saturated carbocycles. The molecular formula is C16H29Br3. The molecule has 1 aliphatic carbocycles. The van der Waals surface area contributed by atoms with Crippen LogP contribution in [-0.4, -0.2) is 7.56 Å². The zero-order chi connectivity index (χ0) is 14.2. The Labute approximate surface area is 145 Å². The summed E-state index contributed by atoms with van der Waals surface area (Å²) in [6.07, 6.45) is 18.2. The standard InChI is InChI=1S/C16H29Br3/c1-2-3-4-5-6-7-8-9-10-11-12-13-15(17)14-16(15,18)19/h2-14H2,1H3. The molecule has 1 unspecified atom stereocenters. The van der Waals surface area contributed by atoms with E-state index in [1.807, 2.05) is 0 Å². The summed E-state index contributed by atoms with van der Waals surface area (Å²) in [6.45, 7) is 2.29. The second-order valence-corrected chi connectivity index (χ2v) is 11.4. The minimum Gasteiger partial charge on any atom is -0.0828 e. The zero-order valence-corrected chi connectivity index (χ0v) is 17.1. The van der Waals surface area contributed by atoms with E-state index < -0.39 is 0 Å². The predicted molar refractivity (Wildman–Crippen MR) is 97.9 cm³/mol. The summed E-state index contributed by atoms with van der Waals surface area (Å²) in [5.74, 6) is 0. The molecule has 0 aromatic carbocycles. The molecule has 114 valence electrons. The molecule has 0 spiro atoms. The Morgan fingerprint density at radius 2 is 1.05 bits per heavy atom. The summed E-state index contributed by atoms with van der Waals surface area (Å²) in [5, 5.41) is 0. The number of halogens is 3. The van der Waals surface area contributed by atoms with Crippen LogP contribution in [0.5, 0.6) is 0 Å². The number of hydrogen-bond donors (Lipinski definition) is 0. The number of alkyl halides is 3. The molecule has 0 radical (unpaired) electrons. The van der Waals surface area contributed by atoms with Gasteiger partial charge >= 0.3 is 0 Å². The highest BCUT2D eigenvalue weighted by Gasteiger charge is 2.62. The van der Waals surface area contributed by atoms with Crippen LogP contribution in [0.1, 0.15) is 90.4 Å². The van der Waals surface area contributed by atoms with Crippen LogP contribution in [0.4, 0.5) is 0 Å². The zero-order valence-electron chi connectivity index (χ0n) is 12.3. The normalized spacial score (nSPS) is 24.6. The van der Waals surface area contributed by atoms with Gasteiger partial charge in [-0.15, -0.1) is 0 Å². The molecule has 0 bridgehead atoms. The molecule has 1 rings (SSSR count). The Bertz CT molecular complexity index is 240. The highest BCUT2D eigenvalue weighted by molar-refractivity contribution is 9.26. The Kier molecular flexibility index (Phi) is 9.20. The molecule has 0 nitrogen and oxygen atoms in total. The molecular weight excluding hydrogens is 432 g/mol. The smallest absolute Gasteiger partial charge is 0.0828 e. The van der Waals surface area contributed by atoms with Gasteiger partial charge in [-0.2, -0.15) is 0 Å². The van der Waals surface area contributed by atoms with Crippen LogP contribution >= 0.6 is 47.8 Å². The highest BCUT2D eigenvalue weighted by Crippen LogP contribution is 2.67. The van der Waals surface area contributed by atoms with Crippen LogP contribution in [0.15, 0.2) is 0 Å². The van der Waals surface area contributed by atoms with Crippen LogP contribution in [0.3, 0.4) is 0 Å². The van der Waals surface area contributed by atoms with Crippen LogP contribution < -0.4 is 0 Å².